The number of nitrogens with zero attached hydrogens (tertiary/aromatic N) is 2. The molecule has 3 rings (SSSR count). The third-order valence-corrected chi connectivity index (χ3v) is 6.20. The number of likely N-dealkylation sites (tertiary alicyclic amines) is 1. The average Bonchev–Trinajstić information content (AvgIpc) is 3.26. The minimum absolute atomic E-state index is 0.0881. The molecule has 186 valence electrons. The molecule has 1 aliphatic rings. The molecule has 0 unspecified atom stereocenters. The third kappa shape index (κ3) is 7.42. The molecule has 3 heterocycles. The fourth-order valence-electron chi connectivity index (χ4n) is 3.71. The highest BCUT2D eigenvalue weighted by Gasteiger charge is 2.23. The van der Waals surface area contributed by atoms with Crippen LogP contribution in [0.5, 0.6) is 5.75 Å². The summed E-state index contributed by atoms with van der Waals surface area (Å²) < 4.78 is 1.59. The summed E-state index contributed by atoms with van der Waals surface area (Å²) in [6, 6.07) is 1.66. The highest BCUT2D eigenvalue weighted by molar-refractivity contribution is 7.16. The summed E-state index contributed by atoms with van der Waals surface area (Å²) in [7, 11) is 0. The number of amides is 1. The number of aromatic nitrogens is 1. The standard InChI is InChI=1S/C19H27N3O3S.C4H4O4/c1-13(2)22-18(25)15(16(23)14-7-12-26-19(14)22)17(24)20-8-6-11-21-9-4-3-5-10-21;5-3(6)1-2-4(7)8/h7,12-13,23H,3-6,8-11H2,1-2H3,(H,20,24);1-2H,(H,5,6)(H,7,8)/b;2-1+. The topological polar surface area (TPSA) is 149 Å². The molecular formula is C23H31N3O7S. The normalized spacial score (nSPS) is 14.2. The number of pyridine rings is 1. The van der Waals surface area contributed by atoms with E-state index in [0.717, 1.165) is 26.1 Å². The Hall–Kier alpha value is -3.18. The van der Waals surface area contributed by atoms with E-state index in [1.54, 1.807) is 10.6 Å². The van der Waals surface area contributed by atoms with Crippen molar-refractivity contribution in [2.75, 3.05) is 26.2 Å². The lowest BCUT2D eigenvalue weighted by Gasteiger charge is -2.26. The van der Waals surface area contributed by atoms with Gasteiger partial charge in [0, 0.05) is 24.7 Å². The Morgan fingerprint density at radius 2 is 1.74 bits per heavy atom. The van der Waals surface area contributed by atoms with Gasteiger partial charge in [-0.1, -0.05) is 6.42 Å². The highest BCUT2D eigenvalue weighted by atomic mass is 32.1. The number of thiophene rings is 1. The minimum Gasteiger partial charge on any atom is -0.506 e. The molecule has 10 nitrogen and oxygen atoms in total. The molecule has 0 saturated carbocycles. The first-order valence-electron chi connectivity index (χ1n) is 11.1. The molecule has 0 atom stereocenters. The van der Waals surface area contributed by atoms with Gasteiger partial charge in [-0.3, -0.25) is 14.2 Å². The number of fused-ring (bicyclic) bond motifs is 1. The predicted octanol–water partition coefficient (Wildman–Crippen LogP) is 2.67. The molecule has 2 aromatic rings. The van der Waals surface area contributed by atoms with E-state index >= 15 is 0 Å². The third-order valence-electron chi connectivity index (χ3n) is 5.29. The summed E-state index contributed by atoms with van der Waals surface area (Å²) in [5.41, 5.74) is -0.580. The summed E-state index contributed by atoms with van der Waals surface area (Å²) in [4.78, 5) is 47.6. The fraction of sp³-hybridized carbons (Fsp3) is 0.478. The summed E-state index contributed by atoms with van der Waals surface area (Å²) in [5.74, 6) is -3.22. The lowest BCUT2D eigenvalue weighted by molar-refractivity contribution is -0.134. The molecule has 2 aromatic heterocycles. The van der Waals surface area contributed by atoms with Gasteiger partial charge >= 0.3 is 11.9 Å². The van der Waals surface area contributed by atoms with E-state index in [0.29, 0.717) is 28.9 Å². The van der Waals surface area contributed by atoms with Crippen LogP contribution in [0.4, 0.5) is 0 Å². The molecule has 1 amide bonds. The van der Waals surface area contributed by atoms with Gasteiger partial charge in [-0.25, -0.2) is 9.59 Å². The first kappa shape index (κ1) is 27.1. The minimum atomic E-state index is -1.26. The van der Waals surface area contributed by atoms with Crippen molar-refractivity contribution in [3.05, 3.63) is 39.5 Å². The van der Waals surface area contributed by atoms with Crippen molar-refractivity contribution in [3.63, 3.8) is 0 Å². The number of carboxylic acid groups (broad SMARTS) is 2. The molecule has 0 spiro atoms. The second-order valence-corrected chi connectivity index (χ2v) is 9.05. The summed E-state index contributed by atoms with van der Waals surface area (Å²) >= 11 is 1.39. The van der Waals surface area contributed by atoms with Crippen LogP contribution in [0, 0.1) is 0 Å². The first-order chi connectivity index (χ1) is 16.1. The maximum Gasteiger partial charge on any atom is 0.328 e. The van der Waals surface area contributed by atoms with Gasteiger partial charge in [-0.05, 0) is 64.2 Å². The van der Waals surface area contributed by atoms with Crippen LogP contribution in [0.1, 0.15) is 55.9 Å². The Labute approximate surface area is 201 Å². The number of hydrogen-bond acceptors (Lipinski definition) is 7. The number of carboxylic acids is 2. The summed E-state index contributed by atoms with van der Waals surface area (Å²) in [6.45, 7) is 7.50. The van der Waals surface area contributed by atoms with Gasteiger partial charge in [-0.15, -0.1) is 11.3 Å². The number of carbonyl (C=O) groups is 3. The molecular weight excluding hydrogens is 462 g/mol. The lowest BCUT2D eigenvalue weighted by atomic mass is 10.1. The van der Waals surface area contributed by atoms with E-state index in [1.807, 2.05) is 19.2 Å². The van der Waals surface area contributed by atoms with Crippen LogP contribution in [0.2, 0.25) is 0 Å². The molecule has 34 heavy (non-hydrogen) atoms. The van der Waals surface area contributed by atoms with Gasteiger partial charge in [-0.2, -0.15) is 0 Å². The molecule has 0 bridgehead atoms. The van der Waals surface area contributed by atoms with Crippen LogP contribution in [-0.2, 0) is 9.59 Å². The van der Waals surface area contributed by atoms with Crippen LogP contribution in [0.3, 0.4) is 0 Å². The molecule has 0 aliphatic carbocycles. The van der Waals surface area contributed by atoms with Gasteiger partial charge < -0.3 is 25.5 Å². The number of nitrogens with one attached hydrogen (secondary N) is 1. The molecule has 11 heteroatoms. The summed E-state index contributed by atoms with van der Waals surface area (Å²) in [5, 5.41) is 31.3. The Morgan fingerprint density at radius 3 is 2.29 bits per heavy atom. The van der Waals surface area contributed by atoms with Crippen LogP contribution < -0.4 is 10.9 Å². The van der Waals surface area contributed by atoms with Crippen LogP contribution in [0.15, 0.2) is 28.4 Å². The Balaban J connectivity index is 0.000000440. The largest absolute Gasteiger partial charge is 0.506 e. The fourth-order valence-corrected chi connectivity index (χ4v) is 4.74. The van der Waals surface area contributed by atoms with Crippen LogP contribution >= 0.6 is 11.3 Å². The van der Waals surface area contributed by atoms with E-state index in [2.05, 4.69) is 10.2 Å². The number of aromatic hydroxyl groups is 1. The Kier molecular flexibility index (Phi) is 10.3. The second-order valence-electron chi connectivity index (χ2n) is 8.15. The van der Waals surface area contributed by atoms with E-state index < -0.39 is 23.4 Å². The van der Waals surface area contributed by atoms with Gasteiger partial charge in [0.2, 0.25) is 0 Å². The van der Waals surface area contributed by atoms with E-state index in [9.17, 15) is 24.3 Å². The van der Waals surface area contributed by atoms with E-state index in [4.69, 9.17) is 10.2 Å². The smallest absolute Gasteiger partial charge is 0.328 e. The maximum atomic E-state index is 12.8. The number of carbonyl (C=O) groups excluding carboxylic acids is 1. The van der Waals surface area contributed by atoms with Gasteiger partial charge in [0.05, 0.1) is 5.39 Å². The quantitative estimate of drug-likeness (QED) is 0.324. The number of hydrogen-bond donors (Lipinski definition) is 4. The number of rotatable bonds is 8. The van der Waals surface area contributed by atoms with Crippen molar-refractivity contribution < 1.29 is 29.7 Å². The number of piperidine rings is 1. The van der Waals surface area contributed by atoms with Crippen molar-refractivity contribution in [1.29, 1.82) is 0 Å². The lowest BCUT2D eigenvalue weighted by Crippen LogP contribution is -2.36. The number of aliphatic carboxylic acids is 2. The maximum absolute atomic E-state index is 12.8. The van der Waals surface area contributed by atoms with Crippen molar-refractivity contribution in [2.24, 2.45) is 0 Å². The van der Waals surface area contributed by atoms with Gasteiger partial charge in [0.25, 0.3) is 11.5 Å². The molecule has 0 radical (unpaired) electrons. The second kappa shape index (κ2) is 12.9. The Bertz CT molecular complexity index is 1080. The molecule has 4 N–H and O–H groups in total. The van der Waals surface area contributed by atoms with Gasteiger partial charge in [0.1, 0.15) is 16.1 Å². The molecule has 1 aliphatic heterocycles. The zero-order valence-electron chi connectivity index (χ0n) is 19.3. The van der Waals surface area contributed by atoms with Crippen molar-refractivity contribution in [2.45, 2.75) is 45.6 Å². The van der Waals surface area contributed by atoms with E-state index in [1.165, 1.54) is 30.6 Å². The average molecular weight is 494 g/mol. The van der Waals surface area contributed by atoms with Crippen molar-refractivity contribution in [3.8, 4) is 5.75 Å². The monoisotopic (exact) mass is 493 g/mol. The molecule has 1 saturated heterocycles. The highest BCUT2D eigenvalue weighted by Crippen LogP contribution is 2.31. The molecule has 0 aromatic carbocycles. The zero-order chi connectivity index (χ0) is 25.3. The first-order valence-corrected chi connectivity index (χ1v) is 12.0. The predicted molar refractivity (Wildman–Crippen MR) is 130 cm³/mol. The van der Waals surface area contributed by atoms with Crippen LogP contribution in [-0.4, -0.2) is 68.8 Å². The van der Waals surface area contributed by atoms with Crippen LogP contribution in [0.25, 0.3) is 10.2 Å². The van der Waals surface area contributed by atoms with Gasteiger partial charge in [0.15, 0.2) is 0 Å². The van der Waals surface area contributed by atoms with Crippen molar-refractivity contribution >= 4 is 39.4 Å². The zero-order valence-corrected chi connectivity index (χ0v) is 20.1. The summed E-state index contributed by atoms with van der Waals surface area (Å²) in [6.07, 6.45) is 5.75. The van der Waals surface area contributed by atoms with E-state index in [-0.39, 0.29) is 17.4 Å². The SMILES string of the molecule is CC(C)n1c(=O)c(C(=O)NCCCN2CCCCC2)c(O)c2ccsc21.O=C(O)/C=C/C(=O)O. The molecule has 1 fully saturated rings. The Morgan fingerprint density at radius 1 is 1.12 bits per heavy atom. The van der Waals surface area contributed by atoms with Crippen molar-refractivity contribution in [1.82, 2.24) is 14.8 Å².